The van der Waals surface area contributed by atoms with Gasteiger partial charge in [0.2, 0.25) is 10.0 Å². The minimum absolute atomic E-state index is 0.0171. The summed E-state index contributed by atoms with van der Waals surface area (Å²) in [4.78, 5) is 17.2. The van der Waals surface area contributed by atoms with Crippen molar-refractivity contribution >= 4 is 33.4 Å². The Morgan fingerprint density at radius 2 is 1.77 bits per heavy atom. The maximum Gasteiger partial charge on any atom is 0.251 e. The van der Waals surface area contributed by atoms with E-state index in [0.717, 1.165) is 42.0 Å². The molecule has 2 aromatic carbocycles. The van der Waals surface area contributed by atoms with Crippen LogP contribution in [0, 0.1) is 5.92 Å². The molecule has 160 valence electrons. The lowest BCUT2D eigenvalue weighted by Gasteiger charge is -2.49. The number of hydrogen-bond acceptors (Lipinski definition) is 5. The van der Waals surface area contributed by atoms with Gasteiger partial charge in [0, 0.05) is 33.1 Å². The molecule has 2 bridgehead atoms. The second-order valence-corrected chi connectivity index (χ2v) is 11.0. The summed E-state index contributed by atoms with van der Waals surface area (Å²) >= 11 is 1.52. The second-order valence-electron chi connectivity index (χ2n) is 8.14. The predicted molar refractivity (Wildman–Crippen MR) is 120 cm³/mol. The third kappa shape index (κ3) is 4.99. The first-order valence-corrected chi connectivity index (χ1v) is 12.9. The van der Waals surface area contributed by atoms with Crippen LogP contribution in [0.5, 0.6) is 0 Å². The van der Waals surface area contributed by atoms with Crippen LogP contribution in [0.15, 0.2) is 58.3 Å². The molecule has 2 N–H and O–H groups in total. The predicted octanol–water partition coefficient (Wildman–Crippen LogP) is 3.42. The Morgan fingerprint density at radius 3 is 2.40 bits per heavy atom. The number of hydrogen-bond donors (Lipinski definition) is 2. The van der Waals surface area contributed by atoms with Crippen LogP contribution < -0.4 is 10.0 Å². The zero-order valence-electron chi connectivity index (χ0n) is 17.2. The van der Waals surface area contributed by atoms with Gasteiger partial charge in [-0.3, -0.25) is 14.4 Å². The Hall–Kier alpha value is -2.03. The summed E-state index contributed by atoms with van der Waals surface area (Å²) in [7, 11) is -3.31. The third-order valence-corrected chi connectivity index (χ3v) is 7.57. The Bertz CT molecular complexity index is 1010. The largest absolute Gasteiger partial charge is 0.347 e. The standard InChI is InChI=1S/C22H27N3O3S2/c1-15-21(16-10-12-25(15)13-11-16)23-22(26)17-6-8-19(9-7-17)29-20-5-3-4-18(14-20)24-30(2,27)28/h3-9,14-16,21,24H,10-13H2,1-2H3,(H,23,26)/t15-,21-/m0/s1. The fourth-order valence-electron chi connectivity index (χ4n) is 4.43. The summed E-state index contributed by atoms with van der Waals surface area (Å²) in [5, 5.41) is 3.26. The maximum atomic E-state index is 12.8. The molecule has 3 aliphatic rings. The molecule has 0 unspecified atom stereocenters. The lowest BCUT2D eigenvalue weighted by atomic mass is 9.79. The number of nitrogens with one attached hydrogen (secondary N) is 2. The quantitative estimate of drug-likeness (QED) is 0.712. The topological polar surface area (TPSA) is 78.5 Å². The van der Waals surface area contributed by atoms with E-state index in [1.54, 1.807) is 12.1 Å². The van der Waals surface area contributed by atoms with Gasteiger partial charge in [0.25, 0.3) is 5.91 Å². The molecule has 3 fully saturated rings. The number of carbonyl (C=O) groups is 1. The van der Waals surface area contributed by atoms with E-state index in [1.807, 2.05) is 36.4 Å². The number of carbonyl (C=O) groups excluding carboxylic acids is 1. The lowest BCUT2D eigenvalue weighted by Crippen LogP contribution is -2.62. The van der Waals surface area contributed by atoms with Crippen LogP contribution in [-0.2, 0) is 10.0 Å². The SMILES string of the molecule is C[C@H]1[C@H](NC(=O)c2ccc(Sc3cccc(NS(C)(=O)=O)c3)cc2)C2CCN1CC2. The summed E-state index contributed by atoms with van der Waals surface area (Å²) in [6.45, 7) is 4.50. The van der Waals surface area contributed by atoms with Crippen molar-refractivity contribution in [2.24, 2.45) is 5.92 Å². The molecule has 3 heterocycles. The summed E-state index contributed by atoms with van der Waals surface area (Å²) in [6.07, 6.45) is 3.46. The van der Waals surface area contributed by atoms with Crippen molar-refractivity contribution in [3.8, 4) is 0 Å². The molecule has 2 atom stereocenters. The molecule has 3 aliphatic heterocycles. The van der Waals surface area contributed by atoms with Gasteiger partial charge in [0.15, 0.2) is 0 Å². The van der Waals surface area contributed by atoms with Crippen LogP contribution in [0.4, 0.5) is 5.69 Å². The molecule has 30 heavy (non-hydrogen) atoms. The summed E-state index contributed by atoms with van der Waals surface area (Å²) in [6, 6.07) is 15.4. The maximum absolute atomic E-state index is 12.8. The van der Waals surface area contributed by atoms with E-state index in [4.69, 9.17) is 0 Å². The van der Waals surface area contributed by atoms with Gasteiger partial charge in [-0.25, -0.2) is 8.42 Å². The van der Waals surface area contributed by atoms with Gasteiger partial charge in [-0.05, 0) is 81.2 Å². The fourth-order valence-corrected chi connectivity index (χ4v) is 5.86. The first-order valence-electron chi connectivity index (χ1n) is 10.2. The highest BCUT2D eigenvalue weighted by atomic mass is 32.2. The fraction of sp³-hybridized carbons (Fsp3) is 0.409. The van der Waals surface area contributed by atoms with Gasteiger partial charge in [0.05, 0.1) is 6.26 Å². The molecule has 0 aliphatic carbocycles. The summed E-state index contributed by atoms with van der Waals surface area (Å²) in [5.41, 5.74) is 1.20. The van der Waals surface area contributed by atoms with Crippen molar-refractivity contribution in [3.63, 3.8) is 0 Å². The number of benzene rings is 2. The number of nitrogens with zero attached hydrogens (tertiary/aromatic N) is 1. The van der Waals surface area contributed by atoms with Gasteiger partial charge < -0.3 is 5.32 Å². The number of piperidine rings is 3. The molecule has 0 aromatic heterocycles. The van der Waals surface area contributed by atoms with Gasteiger partial charge >= 0.3 is 0 Å². The molecule has 6 nitrogen and oxygen atoms in total. The van der Waals surface area contributed by atoms with Crippen molar-refractivity contribution in [1.82, 2.24) is 10.2 Å². The van der Waals surface area contributed by atoms with Gasteiger partial charge in [-0.15, -0.1) is 0 Å². The zero-order chi connectivity index (χ0) is 21.3. The highest BCUT2D eigenvalue weighted by Gasteiger charge is 2.40. The highest BCUT2D eigenvalue weighted by molar-refractivity contribution is 7.99. The number of fused-ring (bicyclic) bond motifs is 3. The van der Waals surface area contributed by atoms with Crippen LogP contribution in [0.25, 0.3) is 0 Å². The van der Waals surface area contributed by atoms with Crippen molar-refractivity contribution in [1.29, 1.82) is 0 Å². The monoisotopic (exact) mass is 445 g/mol. The molecule has 0 radical (unpaired) electrons. The molecule has 1 amide bonds. The van der Waals surface area contributed by atoms with E-state index in [9.17, 15) is 13.2 Å². The second kappa shape index (κ2) is 8.61. The van der Waals surface area contributed by atoms with Crippen molar-refractivity contribution in [2.75, 3.05) is 24.1 Å². The van der Waals surface area contributed by atoms with Crippen LogP contribution in [0.2, 0.25) is 0 Å². The molecule has 5 rings (SSSR count). The normalized spacial score (nSPS) is 25.7. The van der Waals surface area contributed by atoms with Crippen LogP contribution >= 0.6 is 11.8 Å². The molecular weight excluding hydrogens is 418 g/mol. The van der Waals surface area contributed by atoms with Gasteiger partial charge in [-0.2, -0.15) is 0 Å². The Kier molecular flexibility index (Phi) is 6.09. The molecule has 3 saturated heterocycles. The van der Waals surface area contributed by atoms with Crippen molar-refractivity contribution in [3.05, 3.63) is 54.1 Å². The molecule has 2 aromatic rings. The van der Waals surface area contributed by atoms with E-state index in [-0.39, 0.29) is 11.9 Å². The average Bonchev–Trinajstić information content (AvgIpc) is 2.70. The van der Waals surface area contributed by atoms with E-state index < -0.39 is 10.0 Å². The molecule has 8 heteroatoms. The number of amides is 1. The zero-order valence-corrected chi connectivity index (χ0v) is 18.8. The van der Waals surface area contributed by atoms with Gasteiger partial charge in [0.1, 0.15) is 0 Å². The minimum atomic E-state index is -3.31. The van der Waals surface area contributed by atoms with Crippen molar-refractivity contribution in [2.45, 2.75) is 41.6 Å². The Morgan fingerprint density at radius 1 is 1.07 bits per heavy atom. The Balaban J connectivity index is 1.39. The number of anilines is 1. The van der Waals surface area contributed by atoms with E-state index in [1.165, 1.54) is 11.8 Å². The Labute approximate surface area is 182 Å². The van der Waals surface area contributed by atoms with E-state index in [0.29, 0.717) is 23.2 Å². The van der Waals surface area contributed by atoms with Crippen molar-refractivity contribution < 1.29 is 13.2 Å². The van der Waals surface area contributed by atoms with E-state index >= 15 is 0 Å². The first-order chi connectivity index (χ1) is 14.3. The molecular formula is C22H27N3O3S2. The minimum Gasteiger partial charge on any atom is -0.347 e. The van der Waals surface area contributed by atoms with Crippen LogP contribution in [0.3, 0.4) is 0 Å². The van der Waals surface area contributed by atoms with Crippen LogP contribution in [0.1, 0.15) is 30.1 Å². The van der Waals surface area contributed by atoms with Gasteiger partial charge in [-0.1, -0.05) is 17.8 Å². The smallest absolute Gasteiger partial charge is 0.251 e. The van der Waals surface area contributed by atoms with Crippen LogP contribution in [-0.4, -0.2) is 50.7 Å². The number of sulfonamides is 1. The van der Waals surface area contributed by atoms with E-state index in [2.05, 4.69) is 21.9 Å². The molecule has 0 saturated carbocycles. The summed E-state index contributed by atoms with van der Waals surface area (Å²) in [5.74, 6) is 0.563. The number of rotatable bonds is 6. The average molecular weight is 446 g/mol. The summed E-state index contributed by atoms with van der Waals surface area (Å²) < 4.78 is 25.3. The third-order valence-electron chi connectivity index (χ3n) is 5.97. The molecule has 0 spiro atoms. The first kappa shape index (κ1) is 21.2. The highest BCUT2D eigenvalue weighted by Crippen LogP contribution is 2.33. The lowest BCUT2D eigenvalue weighted by molar-refractivity contribution is 0.0217.